The van der Waals surface area contributed by atoms with Crippen molar-refractivity contribution in [1.82, 2.24) is 24.9 Å². The third-order valence-electron chi connectivity index (χ3n) is 12.7. The summed E-state index contributed by atoms with van der Waals surface area (Å²) in [4.78, 5) is 43.7. The van der Waals surface area contributed by atoms with Crippen molar-refractivity contribution in [3.05, 3.63) is 59.6 Å². The molecular weight excluding hydrogens is 846 g/mol. The zero-order valence-electron chi connectivity index (χ0n) is 37.7. The predicted octanol–water partition coefficient (Wildman–Crippen LogP) is 6.47. The zero-order chi connectivity index (χ0) is 46.5. The first-order valence-corrected chi connectivity index (χ1v) is 23.2. The van der Waals surface area contributed by atoms with E-state index in [1.165, 1.54) is 19.1 Å². The van der Waals surface area contributed by atoms with E-state index in [0.717, 1.165) is 5.56 Å². The van der Waals surface area contributed by atoms with Crippen molar-refractivity contribution in [2.24, 2.45) is 5.41 Å². The molecule has 3 aromatic rings. The maximum atomic E-state index is 15.6. The molecule has 5 heterocycles. The van der Waals surface area contributed by atoms with E-state index in [1.54, 1.807) is 50.8 Å². The normalized spacial score (nSPS) is 25.7. The highest BCUT2D eigenvalue weighted by Crippen LogP contribution is 2.49. The van der Waals surface area contributed by atoms with E-state index in [1.807, 2.05) is 30.7 Å². The van der Waals surface area contributed by atoms with Crippen molar-refractivity contribution in [2.45, 2.75) is 116 Å². The molecule has 342 valence electrons. The molecule has 1 N–H and O–H groups in total. The number of ether oxygens (including phenoxy) is 2. The van der Waals surface area contributed by atoms with Gasteiger partial charge in [0.15, 0.2) is 0 Å². The Morgan fingerprint density at radius 3 is 2.50 bits per heavy atom. The number of nitrogens with one attached hydrogen (secondary N) is 1. The molecule has 7 atom stereocenters. The number of aromatic nitrogens is 2. The molecular formula is C46H57F2N8O7P. The van der Waals surface area contributed by atoms with Crippen molar-refractivity contribution in [3.63, 3.8) is 0 Å². The molecule has 1 aromatic heterocycles. The number of anilines is 2. The molecule has 3 fully saturated rings. The topological polar surface area (TPSA) is 163 Å². The minimum absolute atomic E-state index is 0.0186. The van der Waals surface area contributed by atoms with Gasteiger partial charge in [-0.25, -0.2) is 13.3 Å². The molecule has 64 heavy (non-hydrogen) atoms. The fourth-order valence-corrected chi connectivity index (χ4v) is 11.1. The van der Waals surface area contributed by atoms with Crippen molar-refractivity contribution in [1.29, 1.82) is 5.26 Å². The fourth-order valence-electron chi connectivity index (χ4n) is 9.48. The van der Waals surface area contributed by atoms with E-state index in [4.69, 9.17) is 34.9 Å². The van der Waals surface area contributed by atoms with Gasteiger partial charge in [-0.3, -0.25) is 19.0 Å². The second-order valence-corrected chi connectivity index (χ2v) is 20.0. The van der Waals surface area contributed by atoms with Crippen LogP contribution >= 0.6 is 7.75 Å². The molecule has 0 aliphatic carbocycles. The van der Waals surface area contributed by atoms with Crippen LogP contribution in [0.3, 0.4) is 0 Å². The quantitative estimate of drug-likeness (QED) is 0.0811. The molecule has 2 bridgehead atoms. The fraction of sp³-hybridized carbons (Fsp3) is 0.543. The second kappa shape index (κ2) is 17.9. The maximum Gasteiger partial charge on any atom is 0.459 e. The Morgan fingerprint density at radius 1 is 1.11 bits per heavy atom. The number of likely N-dealkylation sites (N-methyl/N-ethyl adjacent to an activating group) is 1. The van der Waals surface area contributed by atoms with Gasteiger partial charge < -0.3 is 28.7 Å². The van der Waals surface area contributed by atoms with Crippen LogP contribution in [-0.4, -0.2) is 114 Å². The number of halogens is 2. The van der Waals surface area contributed by atoms with Crippen LogP contribution in [0.15, 0.2) is 36.9 Å². The second-order valence-electron chi connectivity index (χ2n) is 18.3. The van der Waals surface area contributed by atoms with Gasteiger partial charge in [-0.1, -0.05) is 18.6 Å². The lowest BCUT2D eigenvalue weighted by Gasteiger charge is -2.43. The van der Waals surface area contributed by atoms with Gasteiger partial charge in [0.25, 0.3) is 0 Å². The number of hydrogen-bond acceptors (Lipinski definition) is 13. The summed E-state index contributed by atoms with van der Waals surface area (Å²) in [5, 5.41) is 14.0. The predicted molar refractivity (Wildman–Crippen MR) is 238 cm³/mol. The summed E-state index contributed by atoms with van der Waals surface area (Å²) >= 11 is 0. The number of carbonyl (C=O) groups excluding carboxylic acids is 2. The highest BCUT2D eigenvalue weighted by atomic mass is 31.2. The van der Waals surface area contributed by atoms with Gasteiger partial charge in [-0.15, -0.1) is 6.42 Å². The zero-order valence-corrected chi connectivity index (χ0v) is 38.6. The smallest absolute Gasteiger partial charge is 0.459 e. The van der Waals surface area contributed by atoms with Crippen LogP contribution in [-0.2, 0) is 36.4 Å². The number of fused-ring (bicyclic) bond motifs is 4. The van der Waals surface area contributed by atoms with Gasteiger partial charge in [0.05, 0.1) is 64.8 Å². The number of nitrogens with zero attached hydrogens (tertiary/aromatic N) is 7. The summed E-state index contributed by atoms with van der Waals surface area (Å²) in [6.45, 7) is 17.4. The van der Waals surface area contributed by atoms with Crippen molar-refractivity contribution in [3.8, 4) is 30.2 Å². The molecule has 1 amide bonds. The van der Waals surface area contributed by atoms with Crippen LogP contribution < -0.4 is 24.1 Å². The number of amides is 1. The summed E-state index contributed by atoms with van der Waals surface area (Å²) in [6, 6.07) is 6.77. The lowest BCUT2D eigenvalue weighted by molar-refractivity contribution is -0.149. The Kier molecular flexibility index (Phi) is 13.1. The first kappa shape index (κ1) is 46.7. The van der Waals surface area contributed by atoms with E-state index in [0.29, 0.717) is 60.4 Å². The lowest BCUT2D eigenvalue weighted by Crippen LogP contribution is -2.58. The molecule has 2 unspecified atom stereocenters. The Balaban J connectivity index is 1.29. The van der Waals surface area contributed by atoms with E-state index in [2.05, 4.69) is 28.6 Å². The summed E-state index contributed by atoms with van der Waals surface area (Å²) in [5.74, 6) is 1.73. The first-order chi connectivity index (χ1) is 30.2. The monoisotopic (exact) mass is 902 g/mol. The highest BCUT2D eigenvalue weighted by Gasteiger charge is 2.55. The molecule has 15 nitrogen and oxygen atoms in total. The largest absolute Gasteiger partial charge is 0.462 e. The van der Waals surface area contributed by atoms with Crippen molar-refractivity contribution < 1.29 is 41.5 Å². The summed E-state index contributed by atoms with van der Waals surface area (Å²) < 4.78 is 68.3. The molecule has 0 saturated carbocycles. The Hall–Kier alpha value is -5.32. The Bertz CT molecular complexity index is 2480. The molecule has 0 spiro atoms. The first-order valence-electron chi connectivity index (χ1n) is 21.6. The number of rotatable bonds is 14. The van der Waals surface area contributed by atoms with Crippen molar-refractivity contribution >= 4 is 41.9 Å². The third kappa shape index (κ3) is 9.14. The van der Waals surface area contributed by atoms with E-state index < -0.39 is 61.0 Å². The SMILES string of the molecule is C#Cc1c(F)ccc2cc(OP(=O)(N[C@@H](C)C(=O)OC(C)C)OC(C)C)cc(N3CCc4c(nc(OC[C@]5(C)C[C@@H](F)CN5C)nc4N4C[C@H]5CC(C)(C#N)[C@@H](C4)N5C(=O)C=C)C3)c12. The number of carbonyl (C=O) groups is 2. The van der Waals surface area contributed by atoms with Gasteiger partial charge in [-0.2, -0.15) is 20.3 Å². The molecule has 2 aromatic carbocycles. The van der Waals surface area contributed by atoms with E-state index in [9.17, 15) is 23.8 Å². The van der Waals surface area contributed by atoms with Crippen LogP contribution in [0, 0.1) is 34.9 Å². The number of alkyl halides is 1. The minimum atomic E-state index is -4.26. The highest BCUT2D eigenvalue weighted by molar-refractivity contribution is 7.52. The molecule has 7 rings (SSSR count). The van der Waals surface area contributed by atoms with Crippen LogP contribution in [0.1, 0.15) is 78.1 Å². The minimum Gasteiger partial charge on any atom is -0.462 e. The number of benzene rings is 2. The Labute approximate surface area is 373 Å². The van der Waals surface area contributed by atoms with Crippen LogP contribution in [0.5, 0.6) is 11.8 Å². The van der Waals surface area contributed by atoms with E-state index in [-0.39, 0.29) is 55.4 Å². The average Bonchev–Trinajstić information content (AvgIpc) is 3.60. The summed E-state index contributed by atoms with van der Waals surface area (Å²) in [7, 11) is -2.41. The van der Waals surface area contributed by atoms with Crippen molar-refractivity contribution in [2.75, 3.05) is 49.6 Å². The number of piperazine rings is 1. The van der Waals surface area contributed by atoms with Gasteiger partial charge in [0, 0.05) is 49.6 Å². The number of esters is 1. The summed E-state index contributed by atoms with van der Waals surface area (Å²) in [5.41, 5.74) is 0.490. The standard InChI is InChI=1S/C46H57F2N8O7P/c1-11-34-36(48)14-13-30-17-33(63-64(59,62-28(5)6)52-29(7)43(58)61-27(3)4)18-38(41(30)34)54-16-15-35-37(23-54)50-44(60-26-46(9)19-31(47)21-53(46)10)51-42(35)55-22-32-20-45(8,25-49)39(24-55)56(32)40(57)12-2/h1,12-14,17-18,27-29,31-32,39H,2,15-16,19-24,26H2,3-10H3,(H,52,59)/t29-,31+,32+,39+,45?,46-,64?/m0/s1. The Morgan fingerprint density at radius 2 is 1.86 bits per heavy atom. The van der Waals surface area contributed by atoms with E-state index >= 15 is 4.39 Å². The third-order valence-corrected chi connectivity index (χ3v) is 14.5. The molecule has 18 heteroatoms. The van der Waals surface area contributed by atoms with Crippen LogP contribution in [0.2, 0.25) is 0 Å². The molecule has 0 radical (unpaired) electrons. The number of hydrogen-bond donors (Lipinski definition) is 1. The van der Waals surface area contributed by atoms with Gasteiger partial charge in [-0.05, 0) is 92.0 Å². The van der Waals surface area contributed by atoms with Gasteiger partial charge in [0.1, 0.15) is 36.2 Å². The number of nitriles is 1. The average molecular weight is 903 g/mol. The number of likely N-dealkylation sites (tertiary alicyclic amines) is 1. The van der Waals surface area contributed by atoms with Crippen LogP contribution in [0.25, 0.3) is 10.8 Å². The van der Waals surface area contributed by atoms with Gasteiger partial charge in [0.2, 0.25) is 5.91 Å². The maximum absolute atomic E-state index is 15.6. The summed E-state index contributed by atoms with van der Waals surface area (Å²) in [6.07, 6.45) is 6.40. The molecule has 3 saturated heterocycles. The lowest BCUT2D eigenvalue weighted by atomic mass is 9.83. The molecule has 4 aliphatic rings. The van der Waals surface area contributed by atoms with Gasteiger partial charge >= 0.3 is 19.7 Å². The van der Waals surface area contributed by atoms with Crippen LogP contribution in [0.4, 0.5) is 20.3 Å². The molecule has 4 aliphatic heterocycles. The number of terminal acetylenes is 1.